The van der Waals surface area contributed by atoms with E-state index in [-0.39, 0.29) is 99.7 Å². The lowest BCUT2D eigenvalue weighted by Crippen LogP contribution is -2.60. The minimum atomic E-state index is -1.68. The van der Waals surface area contributed by atoms with Crippen LogP contribution in [0.15, 0.2) is 58.5 Å². The molecule has 1 fully saturated rings. The van der Waals surface area contributed by atoms with E-state index >= 15 is 0 Å². The molecule has 0 spiro atoms. The minimum absolute atomic E-state index is 0.0358. The Hall–Kier alpha value is -10.0. The number of likely N-dealkylation sites (tertiary alicyclic amines) is 1. The summed E-state index contributed by atoms with van der Waals surface area (Å²) < 4.78 is 0. The number of carbonyl (C=O) groups excluding carboxylic acids is 12. The number of benzene rings is 2. The second-order valence-corrected chi connectivity index (χ2v) is 23.8. The van der Waals surface area contributed by atoms with Crippen molar-refractivity contribution in [1.29, 1.82) is 0 Å². The Morgan fingerprint density at radius 1 is 0.546 bits per heavy atom. The van der Waals surface area contributed by atoms with Gasteiger partial charge in [-0.05, 0) is 107 Å². The van der Waals surface area contributed by atoms with Crippen LogP contribution in [0.1, 0.15) is 96.6 Å². The smallest absolute Gasteiger partial charge is 0.303 e. The van der Waals surface area contributed by atoms with Gasteiger partial charge in [0.05, 0.1) is 19.2 Å². The molecular weight excluding hydrogens is 1290 g/mol. The molecule has 1 aliphatic rings. The summed E-state index contributed by atoms with van der Waals surface area (Å²) in [5.41, 5.74) is 34.3. The molecule has 0 bridgehead atoms. The molecule has 0 unspecified atom stereocenters. The first-order chi connectivity index (χ1) is 45.7. The second kappa shape index (κ2) is 41.0. The first-order valence-electron chi connectivity index (χ1n) is 31.2. The van der Waals surface area contributed by atoms with E-state index in [1.54, 1.807) is 12.1 Å². The van der Waals surface area contributed by atoms with Crippen LogP contribution in [0.25, 0.3) is 0 Å². The van der Waals surface area contributed by atoms with Gasteiger partial charge < -0.3 is 113 Å². The summed E-state index contributed by atoms with van der Waals surface area (Å²) in [4.78, 5) is 184. The number of aliphatic hydroxyl groups is 1. The van der Waals surface area contributed by atoms with Crippen molar-refractivity contribution >= 4 is 101 Å². The Labute approximate surface area is 565 Å². The zero-order chi connectivity index (χ0) is 72.6. The predicted octanol–water partition coefficient (Wildman–Crippen LogP) is -6.85. The van der Waals surface area contributed by atoms with Crippen LogP contribution in [0.2, 0.25) is 0 Å². The van der Waals surface area contributed by atoms with E-state index in [0.29, 0.717) is 24.0 Å². The van der Waals surface area contributed by atoms with Gasteiger partial charge in [0.2, 0.25) is 70.9 Å². The molecule has 97 heavy (non-hydrogen) atoms. The number of hydrogen-bond acceptors (Lipinski definition) is 20. The Morgan fingerprint density at radius 3 is 1.40 bits per heavy atom. The van der Waals surface area contributed by atoms with Crippen molar-refractivity contribution in [2.24, 2.45) is 50.3 Å². The van der Waals surface area contributed by atoms with Gasteiger partial charge in [0.15, 0.2) is 11.9 Å². The van der Waals surface area contributed by atoms with Crippen molar-refractivity contribution in [2.75, 3.05) is 38.5 Å². The van der Waals surface area contributed by atoms with Gasteiger partial charge in [0.1, 0.15) is 71.9 Å². The minimum Gasteiger partial charge on any atom is -0.508 e. The highest BCUT2D eigenvalue weighted by atomic mass is 32.1. The van der Waals surface area contributed by atoms with Crippen LogP contribution in [-0.2, 0) is 75.2 Å². The number of carbonyl (C=O) groups is 13. The average Bonchev–Trinajstić information content (AvgIpc) is 1.81. The van der Waals surface area contributed by atoms with Crippen molar-refractivity contribution in [3.8, 4) is 11.5 Å². The zero-order valence-electron chi connectivity index (χ0n) is 54.4. The van der Waals surface area contributed by atoms with E-state index in [0.717, 1.165) is 0 Å². The number of aromatic hydroxyl groups is 2. The van der Waals surface area contributed by atoms with Gasteiger partial charge >= 0.3 is 5.97 Å². The van der Waals surface area contributed by atoms with Gasteiger partial charge in [-0.25, -0.2) is 0 Å². The molecule has 2 aromatic carbocycles. The lowest BCUT2D eigenvalue weighted by Gasteiger charge is -2.28. The molecule has 0 radical (unpaired) electrons. The maximum atomic E-state index is 14.0. The van der Waals surface area contributed by atoms with Gasteiger partial charge in [0.25, 0.3) is 0 Å². The summed E-state index contributed by atoms with van der Waals surface area (Å²) in [5, 5.41) is 63.5. The van der Waals surface area contributed by atoms with Gasteiger partial charge in [-0.3, -0.25) is 72.3 Å². The van der Waals surface area contributed by atoms with E-state index in [1.165, 1.54) is 55.1 Å². The van der Waals surface area contributed by atoms with Crippen LogP contribution >= 0.6 is 12.6 Å². The number of nitrogens with zero attached hydrogens (tertiary/aromatic N) is 3. The third kappa shape index (κ3) is 29.2. The molecule has 0 aliphatic carbocycles. The maximum absolute atomic E-state index is 14.0. The Morgan fingerprint density at radius 2 is 0.959 bits per heavy atom. The molecular formula is C60H93N19O17S. The Balaban J connectivity index is 1.73. The molecule has 37 heteroatoms. The normalized spacial score (nSPS) is 15.6. The lowest BCUT2D eigenvalue weighted by molar-refractivity contribution is -0.140. The van der Waals surface area contributed by atoms with Crippen LogP contribution in [-0.4, -0.2) is 219 Å². The molecule has 26 N–H and O–H groups in total. The third-order valence-corrected chi connectivity index (χ3v) is 15.3. The number of amides is 12. The summed E-state index contributed by atoms with van der Waals surface area (Å²) in [6.45, 7) is 4.74. The summed E-state index contributed by atoms with van der Waals surface area (Å²) >= 11 is 4.25. The SMILES string of the molecule is CC(C)C[C@H](N)C(=O)N[C@@H](Cc1ccc(O)cc1)C(=O)N[C@@H](CCCN=C(N)N)C(=O)N[C@@H](C)C(=O)NCC(=O)N1CCC[C@H]1C(=O)N[C@@H](CS)C(=O)N[C@@H](CCCN=C(N)N)C(=O)N[C@@H](C)C(=O)N[C@@H](CCC(=O)O)C(=O)N[C@@H](Cc1ccc(O)cc1)C(=O)N[C@@H](CO)C(N)=O. The Kier molecular flexibility index (Phi) is 34.4. The fourth-order valence-electron chi connectivity index (χ4n) is 9.70. The highest BCUT2D eigenvalue weighted by Crippen LogP contribution is 2.19. The topological polar surface area (TPSA) is 607 Å². The number of carboxylic acids is 1. The molecule has 1 saturated heterocycles. The van der Waals surface area contributed by atoms with E-state index in [9.17, 15) is 82.8 Å². The van der Waals surface area contributed by atoms with Crippen molar-refractivity contribution in [2.45, 2.75) is 165 Å². The van der Waals surface area contributed by atoms with Gasteiger partial charge in [-0.15, -0.1) is 0 Å². The molecule has 2 aromatic rings. The molecule has 36 nitrogen and oxygen atoms in total. The van der Waals surface area contributed by atoms with E-state index in [1.807, 2.05) is 13.8 Å². The van der Waals surface area contributed by atoms with E-state index < -0.39 is 169 Å². The zero-order valence-corrected chi connectivity index (χ0v) is 55.3. The van der Waals surface area contributed by atoms with Gasteiger partial charge in [-0.1, -0.05) is 38.1 Å². The first kappa shape index (κ1) is 81.2. The fraction of sp³-hybridized carbons (Fsp3) is 0.550. The summed E-state index contributed by atoms with van der Waals surface area (Å²) in [7, 11) is 0. The molecule has 11 atom stereocenters. The maximum Gasteiger partial charge on any atom is 0.303 e. The molecule has 0 aromatic heterocycles. The summed E-state index contributed by atoms with van der Waals surface area (Å²) in [5.74, 6) is -13.2. The molecule has 0 saturated carbocycles. The van der Waals surface area contributed by atoms with Gasteiger partial charge in [-0.2, -0.15) is 12.6 Å². The number of phenols is 2. The predicted molar refractivity (Wildman–Crippen MR) is 354 cm³/mol. The number of hydrogen-bond donors (Lipinski definition) is 21. The quantitative estimate of drug-likeness (QED) is 0.0127. The molecule has 1 heterocycles. The average molecular weight is 1380 g/mol. The number of nitrogens with one attached hydrogen (secondary N) is 10. The van der Waals surface area contributed by atoms with Crippen LogP contribution in [0.4, 0.5) is 0 Å². The number of aliphatic imine (C=N–C) groups is 2. The fourth-order valence-corrected chi connectivity index (χ4v) is 9.96. The second-order valence-electron chi connectivity index (χ2n) is 23.4. The van der Waals surface area contributed by atoms with Gasteiger partial charge in [0, 0.05) is 44.6 Å². The standard InChI is InChI=1S/C60H93N19O17S/c1-30(2)24-37(61)51(89)75-41(25-33-11-15-35(81)16-12-33)55(93)73-38(8-5-21-67-59(63)64)52(90)70-31(3)49(87)69-27-46(83)79-23-7-10-45(79)58(96)78-44(29-97)57(95)74-39(9-6-22-68-60(65)66)53(91)71-32(4)50(88)72-40(19-20-47(84)85)54(92)76-42(26-34-13-17-36(82)18-14-34)56(94)77-43(28-80)48(62)86/h11-18,30-32,37-45,80-82,97H,5-10,19-29,61H2,1-4H3,(H2,62,86)(H,69,87)(H,70,90)(H,71,91)(H,72,88)(H,73,93)(H,74,95)(H,75,89)(H,76,92)(H,77,94)(H,78,96)(H,84,85)(H4,63,64,67)(H4,65,66,68)/t31-,32-,37-,38-,39-,40-,41-,42-,43-,44-,45-/m0/s1. The lowest BCUT2D eigenvalue weighted by atomic mass is 10.0. The van der Waals surface area contributed by atoms with E-state index in [4.69, 9.17) is 34.4 Å². The number of guanidine groups is 2. The third-order valence-electron chi connectivity index (χ3n) is 15.0. The monoisotopic (exact) mass is 1380 g/mol. The highest BCUT2D eigenvalue weighted by molar-refractivity contribution is 7.80. The van der Waals surface area contributed by atoms with Crippen LogP contribution in [0, 0.1) is 5.92 Å². The number of phenolic OH excluding ortho intramolecular Hbond substituents is 2. The number of rotatable bonds is 41. The summed E-state index contributed by atoms with van der Waals surface area (Å²) in [6.07, 6.45) is -0.846. The largest absolute Gasteiger partial charge is 0.508 e. The molecule has 3 rings (SSSR count). The highest BCUT2D eigenvalue weighted by Gasteiger charge is 2.38. The number of primary amides is 1. The number of aliphatic carboxylic acids is 1. The molecule has 536 valence electrons. The summed E-state index contributed by atoms with van der Waals surface area (Å²) in [6, 6.07) is -3.99. The van der Waals surface area contributed by atoms with Crippen LogP contribution in [0.3, 0.4) is 0 Å². The number of nitrogens with two attached hydrogens (primary N) is 6. The first-order valence-corrected chi connectivity index (χ1v) is 31.8. The van der Waals surface area contributed by atoms with Crippen molar-refractivity contribution in [1.82, 2.24) is 58.1 Å². The van der Waals surface area contributed by atoms with Crippen LogP contribution in [0.5, 0.6) is 11.5 Å². The van der Waals surface area contributed by atoms with Crippen molar-refractivity contribution < 1.29 is 82.8 Å². The number of aliphatic hydroxyl groups excluding tert-OH is 1. The molecule has 1 aliphatic heterocycles. The van der Waals surface area contributed by atoms with Crippen molar-refractivity contribution in [3.63, 3.8) is 0 Å². The number of carboxylic acid groups (broad SMARTS) is 1. The Bertz CT molecular complexity index is 3120. The molecule has 12 amide bonds. The number of thiol groups is 1. The van der Waals surface area contributed by atoms with E-state index in [2.05, 4.69) is 75.8 Å². The van der Waals surface area contributed by atoms with Crippen LogP contribution < -0.4 is 87.6 Å². The van der Waals surface area contributed by atoms with Crippen molar-refractivity contribution in [3.05, 3.63) is 59.7 Å².